The molecule has 6 nitrogen and oxygen atoms in total. The molecule has 4 heterocycles. The van der Waals surface area contributed by atoms with Crippen LogP contribution in [0.2, 0.25) is 0 Å². The molecule has 0 radical (unpaired) electrons. The lowest BCUT2D eigenvalue weighted by Crippen LogP contribution is -2.35. The van der Waals surface area contributed by atoms with Gasteiger partial charge in [-0.15, -0.1) is 0 Å². The number of benzene rings is 1. The van der Waals surface area contributed by atoms with Gasteiger partial charge in [-0.05, 0) is 37.3 Å². The summed E-state index contributed by atoms with van der Waals surface area (Å²) in [6.07, 6.45) is 10.5. The van der Waals surface area contributed by atoms with E-state index < -0.39 is 0 Å². The first-order valence-electron chi connectivity index (χ1n) is 8.95. The van der Waals surface area contributed by atoms with Crippen LogP contribution in [-0.4, -0.2) is 32.5 Å². The van der Waals surface area contributed by atoms with Gasteiger partial charge in [0, 0.05) is 30.2 Å². The van der Waals surface area contributed by atoms with Crippen LogP contribution in [0.4, 0.5) is 10.2 Å². The number of aryl methyl sites for hydroxylation is 1. The quantitative estimate of drug-likeness (QED) is 0.701. The fourth-order valence-corrected chi connectivity index (χ4v) is 3.31. The maximum atomic E-state index is 13.7. The minimum Gasteiger partial charge on any atom is -0.261 e. The van der Waals surface area contributed by atoms with Crippen LogP contribution in [-0.2, 0) is 0 Å². The average Bonchev–Trinajstić information content (AvgIpc) is 3.33. The van der Waals surface area contributed by atoms with E-state index in [0.29, 0.717) is 17.8 Å². The monoisotopic (exact) mass is 372 g/mol. The molecule has 28 heavy (non-hydrogen) atoms. The third kappa shape index (κ3) is 2.77. The lowest BCUT2D eigenvalue weighted by Gasteiger charge is -2.30. The fourth-order valence-electron chi connectivity index (χ4n) is 3.31. The van der Waals surface area contributed by atoms with Crippen molar-refractivity contribution in [1.29, 1.82) is 0 Å². The standard InChI is InChI=1S/C21H17FN6/c1-15-3-5-18(6-4-15)28-21(27-10-7-20-24-8-2-9-26(20)27)12-19(25-28)16-11-17(22)14-23-13-16/h2-9,11-14H,10H2,1H3. The minimum atomic E-state index is -0.387. The Balaban J connectivity index is 1.63. The van der Waals surface area contributed by atoms with E-state index in [1.807, 2.05) is 59.2 Å². The lowest BCUT2D eigenvalue weighted by atomic mass is 10.2. The van der Waals surface area contributed by atoms with Crippen molar-refractivity contribution in [2.75, 3.05) is 11.6 Å². The molecule has 2 aromatic heterocycles. The molecular formula is C21H17FN6. The number of allylic oxidation sites excluding steroid dienone is 1. The predicted molar refractivity (Wildman–Crippen MR) is 106 cm³/mol. The Morgan fingerprint density at radius 3 is 2.75 bits per heavy atom. The Morgan fingerprint density at radius 2 is 1.93 bits per heavy atom. The third-order valence-electron chi connectivity index (χ3n) is 4.70. The number of nitrogens with zero attached hydrogens (tertiary/aromatic N) is 6. The van der Waals surface area contributed by atoms with Crippen molar-refractivity contribution >= 4 is 12.0 Å². The average molecular weight is 372 g/mol. The number of hydrogen-bond donors (Lipinski definition) is 0. The van der Waals surface area contributed by atoms with Crippen molar-refractivity contribution in [3.8, 4) is 16.9 Å². The molecule has 2 aliphatic heterocycles. The summed E-state index contributed by atoms with van der Waals surface area (Å²) in [7, 11) is 0. The number of fused-ring (bicyclic) bond motifs is 1. The van der Waals surface area contributed by atoms with Crippen LogP contribution in [0, 0.1) is 12.7 Å². The molecule has 0 spiro atoms. The van der Waals surface area contributed by atoms with Gasteiger partial charge in [-0.3, -0.25) is 9.99 Å². The summed E-state index contributed by atoms with van der Waals surface area (Å²) in [5, 5.41) is 8.82. The topological polar surface area (TPSA) is 49.6 Å². The van der Waals surface area contributed by atoms with Crippen molar-refractivity contribution in [2.24, 2.45) is 4.99 Å². The molecule has 2 aliphatic rings. The molecule has 0 aliphatic carbocycles. The molecule has 7 heteroatoms. The molecule has 138 valence electrons. The van der Waals surface area contributed by atoms with Crippen molar-refractivity contribution in [3.05, 3.63) is 84.3 Å². The summed E-state index contributed by atoms with van der Waals surface area (Å²) in [5.41, 5.74) is 3.38. The highest BCUT2D eigenvalue weighted by Gasteiger charge is 2.27. The van der Waals surface area contributed by atoms with Gasteiger partial charge in [0.05, 0.1) is 24.1 Å². The molecule has 0 N–H and O–H groups in total. The first kappa shape index (κ1) is 16.4. The van der Waals surface area contributed by atoms with Crippen LogP contribution in [0.1, 0.15) is 5.56 Å². The van der Waals surface area contributed by atoms with Crippen LogP contribution < -0.4 is 5.01 Å². The van der Waals surface area contributed by atoms with E-state index in [-0.39, 0.29) is 5.82 Å². The van der Waals surface area contributed by atoms with E-state index in [9.17, 15) is 4.39 Å². The number of halogens is 1. The van der Waals surface area contributed by atoms with Gasteiger partial charge in [-0.2, -0.15) is 5.10 Å². The maximum absolute atomic E-state index is 13.7. The van der Waals surface area contributed by atoms with Crippen molar-refractivity contribution in [1.82, 2.24) is 19.8 Å². The number of rotatable bonds is 3. The molecule has 3 aromatic rings. The zero-order valence-electron chi connectivity index (χ0n) is 15.2. The van der Waals surface area contributed by atoms with E-state index in [2.05, 4.69) is 21.1 Å². The van der Waals surface area contributed by atoms with Crippen LogP contribution in [0.3, 0.4) is 0 Å². The van der Waals surface area contributed by atoms with Crippen LogP contribution in [0.15, 0.2) is 78.0 Å². The summed E-state index contributed by atoms with van der Waals surface area (Å²) in [6.45, 7) is 2.71. The Bertz CT molecular complexity index is 1130. The van der Waals surface area contributed by atoms with E-state index in [0.717, 1.165) is 17.3 Å². The molecule has 0 saturated carbocycles. The second-order valence-electron chi connectivity index (χ2n) is 6.64. The second kappa shape index (κ2) is 6.45. The molecule has 0 unspecified atom stereocenters. The molecular weight excluding hydrogens is 355 g/mol. The second-order valence-corrected chi connectivity index (χ2v) is 6.64. The van der Waals surface area contributed by atoms with Gasteiger partial charge in [0.1, 0.15) is 11.6 Å². The number of hydrogen-bond acceptors (Lipinski definition) is 5. The van der Waals surface area contributed by atoms with Crippen molar-refractivity contribution < 1.29 is 4.39 Å². The van der Waals surface area contributed by atoms with Crippen molar-refractivity contribution in [2.45, 2.75) is 6.92 Å². The van der Waals surface area contributed by atoms with Crippen LogP contribution >= 0.6 is 0 Å². The summed E-state index contributed by atoms with van der Waals surface area (Å²) in [5.74, 6) is 1.34. The first-order chi connectivity index (χ1) is 13.7. The van der Waals surface area contributed by atoms with E-state index in [1.165, 1.54) is 17.8 Å². The fraction of sp³-hybridized carbons (Fsp3) is 0.0952. The summed E-state index contributed by atoms with van der Waals surface area (Å²) < 4.78 is 15.6. The summed E-state index contributed by atoms with van der Waals surface area (Å²) in [6, 6.07) is 11.5. The molecule has 0 amide bonds. The third-order valence-corrected chi connectivity index (χ3v) is 4.70. The predicted octanol–water partition coefficient (Wildman–Crippen LogP) is 3.86. The van der Waals surface area contributed by atoms with Gasteiger partial charge >= 0.3 is 0 Å². The molecule has 1 aromatic carbocycles. The smallest absolute Gasteiger partial charge is 0.152 e. The highest BCUT2D eigenvalue weighted by atomic mass is 19.1. The maximum Gasteiger partial charge on any atom is 0.152 e. The summed E-state index contributed by atoms with van der Waals surface area (Å²) >= 11 is 0. The van der Waals surface area contributed by atoms with Gasteiger partial charge in [-0.1, -0.05) is 17.7 Å². The van der Waals surface area contributed by atoms with E-state index in [4.69, 9.17) is 5.10 Å². The van der Waals surface area contributed by atoms with E-state index in [1.54, 1.807) is 12.4 Å². The zero-order chi connectivity index (χ0) is 19.1. The Labute approximate surface area is 161 Å². The number of pyridine rings is 1. The zero-order valence-corrected chi connectivity index (χ0v) is 15.2. The van der Waals surface area contributed by atoms with Crippen LogP contribution in [0.5, 0.6) is 0 Å². The largest absolute Gasteiger partial charge is 0.261 e. The SMILES string of the molecule is Cc1ccc(-n2nc(-c3cncc(F)c3)cc2N2CC=C3N=CC=CN32)cc1. The normalized spacial score (nSPS) is 15.1. The Kier molecular flexibility index (Phi) is 3.79. The van der Waals surface area contributed by atoms with Gasteiger partial charge in [0.15, 0.2) is 5.82 Å². The minimum absolute atomic E-state index is 0.387. The van der Waals surface area contributed by atoms with Crippen LogP contribution in [0.25, 0.3) is 16.9 Å². The number of aromatic nitrogens is 3. The summed E-state index contributed by atoms with van der Waals surface area (Å²) in [4.78, 5) is 8.36. The highest BCUT2D eigenvalue weighted by Crippen LogP contribution is 2.32. The van der Waals surface area contributed by atoms with Gasteiger partial charge in [0.25, 0.3) is 0 Å². The number of anilines is 1. The van der Waals surface area contributed by atoms with Crippen molar-refractivity contribution in [3.63, 3.8) is 0 Å². The first-order valence-corrected chi connectivity index (χ1v) is 8.95. The van der Waals surface area contributed by atoms with Gasteiger partial charge in [0.2, 0.25) is 0 Å². The molecule has 0 atom stereocenters. The lowest BCUT2D eigenvalue weighted by molar-refractivity contribution is 0.453. The Hall–Kier alpha value is -3.74. The molecule has 0 saturated heterocycles. The van der Waals surface area contributed by atoms with E-state index >= 15 is 0 Å². The molecule has 0 bridgehead atoms. The number of hydrazine groups is 1. The highest BCUT2D eigenvalue weighted by molar-refractivity contribution is 5.74. The molecule has 5 rings (SSSR count). The Morgan fingerprint density at radius 1 is 1.07 bits per heavy atom. The number of aliphatic imine (C=N–C) groups is 1. The van der Waals surface area contributed by atoms with Gasteiger partial charge < -0.3 is 0 Å². The van der Waals surface area contributed by atoms with Gasteiger partial charge in [-0.25, -0.2) is 19.1 Å². The molecule has 0 fully saturated rings.